The van der Waals surface area contributed by atoms with E-state index in [0.717, 1.165) is 34.9 Å². The van der Waals surface area contributed by atoms with E-state index >= 15 is 0 Å². The summed E-state index contributed by atoms with van der Waals surface area (Å²) in [5.74, 6) is 0.344. The lowest BCUT2D eigenvalue weighted by Gasteiger charge is -2.40. The van der Waals surface area contributed by atoms with Gasteiger partial charge in [0.25, 0.3) is 0 Å². The zero-order valence-corrected chi connectivity index (χ0v) is 13.4. The van der Waals surface area contributed by atoms with Crippen LogP contribution >= 0.6 is 0 Å². The zero-order valence-electron chi connectivity index (χ0n) is 13.4. The summed E-state index contributed by atoms with van der Waals surface area (Å²) >= 11 is 0. The van der Waals surface area contributed by atoms with Crippen molar-refractivity contribution in [2.45, 2.75) is 32.6 Å². The van der Waals surface area contributed by atoms with E-state index in [1.54, 1.807) is 0 Å². The molecule has 1 aliphatic carbocycles. The van der Waals surface area contributed by atoms with Gasteiger partial charge in [-0.1, -0.05) is 36.4 Å². The first-order chi connectivity index (χ1) is 10.5. The molecule has 0 unspecified atom stereocenters. The fourth-order valence-electron chi connectivity index (χ4n) is 3.73. The second kappa shape index (κ2) is 5.28. The molecule has 0 saturated heterocycles. The molecule has 0 bridgehead atoms. The third-order valence-electron chi connectivity index (χ3n) is 5.26. The smallest absolute Gasteiger partial charge is 0.150 e. The molecule has 3 atom stereocenters. The van der Waals surface area contributed by atoms with Crippen LogP contribution < -0.4 is 0 Å². The van der Waals surface area contributed by atoms with Crippen LogP contribution in [0.25, 0.3) is 10.9 Å². The second-order valence-electron chi connectivity index (χ2n) is 6.74. The van der Waals surface area contributed by atoms with E-state index in [9.17, 15) is 4.79 Å². The van der Waals surface area contributed by atoms with Crippen molar-refractivity contribution < 1.29 is 4.79 Å². The normalized spacial score (nSPS) is 28.7. The highest BCUT2D eigenvalue weighted by molar-refractivity contribution is 5.98. The number of Topliss-reactive ketones (excluding diaryl/α,β-unsaturated/α-hetero) is 1. The fraction of sp³-hybridized carbons (Fsp3) is 0.350. The van der Waals surface area contributed by atoms with Crippen LogP contribution in [0.15, 0.2) is 55.3 Å². The molecule has 2 aromatic rings. The number of fused-ring (bicyclic) bond motifs is 1. The van der Waals surface area contributed by atoms with Crippen LogP contribution in [0.1, 0.15) is 38.2 Å². The average molecular weight is 293 g/mol. The topological polar surface area (TPSA) is 32.9 Å². The molecule has 114 valence electrons. The summed E-state index contributed by atoms with van der Waals surface area (Å²) in [5.41, 5.74) is 2.84. The Kier molecular flexibility index (Phi) is 3.56. The van der Waals surface area contributed by atoms with E-state index in [-0.39, 0.29) is 17.6 Å². The summed E-state index contributed by atoms with van der Waals surface area (Å²) in [6, 6.07) is 8.17. The summed E-state index contributed by atoms with van der Waals surface area (Å²) in [6.45, 7) is 12.1. The Morgan fingerprint density at radius 1 is 1.41 bits per heavy atom. The molecule has 2 nitrogen and oxygen atoms in total. The maximum atomic E-state index is 13.2. The summed E-state index contributed by atoms with van der Waals surface area (Å²) in [4.78, 5) is 16.5. The van der Waals surface area contributed by atoms with Gasteiger partial charge in [-0.25, -0.2) is 0 Å². The van der Waals surface area contributed by atoms with Crippen molar-refractivity contribution in [2.75, 3.05) is 0 Å². The fourth-order valence-corrected chi connectivity index (χ4v) is 3.73. The van der Waals surface area contributed by atoms with Crippen LogP contribution in [0.3, 0.4) is 0 Å². The van der Waals surface area contributed by atoms with Gasteiger partial charge < -0.3 is 4.98 Å². The Morgan fingerprint density at radius 2 is 2.14 bits per heavy atom. The third-order valence-corrected chi connectivity index (χ3v) is 5.26. The molecule has 3 rings (SSSR count). The molecule has 0 amide bonds. The number of nitrogens with one attached hydrogen (secondary N) is 1. The molecule has 0 aliphatic heterocycles. The highest BCUT2D eigenvalue weighted by atomic mass is 16.1. The van der Waals surface area contributed by atoms with Gasteiger partial charge in [-0.05, 0) is 44.2 Å². The van der Waals surface area contributed by atoms with Gasteiger partial charge in [-0.2, -0.15) is 0 Å². The van der Waals surface area contributed by atoms with Gasteiger partial charge in [-0.15, -0.1) is 6.58 Å². The van der Waals surface area contributed by atoms with Gasteiger partial charge in [0.1, 0.15) is 0 Å². The van der Waals surface area contributed by atoms with Gasteiger partial charge in [0.05, 0.1) is 5.92 Å². The Bertz CT molecular complexity index is 754. The zero-order chi connectivity index (χ0) is 15.9. The Balaban J connectivity index is 2.16. The predicted octanol–water partition coefficient (Wildman–Crippen LogP) is 5.00. The molecule has 1 saturated carbocycles. The standard InChI is InChI=1S/C20H23NO/c1-5-20(4)11-10-14(13(2)3)18(19(20)22)16-12-21-17-9-7-6-8-15(16)17/h5-9,12,14,18,21H,1-2,10-11H2,3-4H3/t14-,18+,20-/m0/s1. The molecule has 1 N–H and O–H groups in total. The number of hydrogen-bond acceptors (Lipinski definition) is 1. The predicted molar refractivity (Wildman–Crippen MR) is 91.9 cm³/mol. The van der Waals surface area contributed by atoms with Crippen molar-refractivity contribution in [1.82, 2.24) is 4.98 Å². The number of rotatable bonds is 3. The number of H-pyrrole nitrogens is 1. The molecule has 2 heteroatoms. The lowest BCUT2D eigenvalue weighted by Crippen LogP contribution is -2.39. The minimum absolute atomic E-state index is 0.134. The second-order valence-corrected chi connectivity index (χ2v) is 6.74. The molecule has 22 heavy (non-hydrogen) atoms. The van der Waals surface area contributed by atoms with Gasteiger partial charge in [0.2, 0.25) is 0 Å². The van der Waals surface area contributed by atoms with Crippen molar-refractivity contribution in [3.8, 4) is 0 Å². The quantitative estimate of drug-likeness (QED) is 0.794. The molecule has 1 fully saturated rings. The highest BCUT2D eigenvalue weighted by Gasteiger charge is 2.45. The van der Waals surface area contributed by atoms with Gasteiger partial charge in [0.15, 0.2) is 5.78 Å². The largest absolute Gasteiger partial charge is 0.361 e. The number of hydrogen-bond donors (Lipinski definition) is 1. The minimum atomic E-state index is -0.436. The number of carbonyl (C=O) groups is 1. The van der Waals surface area contributed by atoms with Crippen LogP contribution in [-0.4, -0.2) is 10.8 Å². The van der Waals surface area contributed by atoms with Crippen molar-refractivity contribution >= 4 is 16.7 Å². The third kappa shape index (κ3) is 2.14. The van der Waals surface area contributed by atoms with Crippen LogP contribution in [0.4, 0.5) is 0 Å². The molecule has 1 aliphatic rings. The van der Waals surface area contributed by atoms with Crippen molar-refractivity contribution in [1.29, 1.82) is 0 Å². The van der Waals surface area contributed by atoms with Gasteiger partial charge >= 0.3 is 0 Å². The van der Waals surface area contributed by atoms with E-state index < -0.39 is 5.41 Å². The van der Waals surface area contributed by atoms with E-state index in [4.69, 9.17) is 0 Å². The monoisotopic (exact) mass is 293 g/mol. The molecular formula is C20H23NO. The Labute approximate surface area is 131 Å². The number of ketones is 1. The number of allylic oxidation sites excluding steroid dienone is 2. The molecular weight excluding hydrogens is 270 g/mol. The van der Waals surface area contributed by atoms with Gasteiger partial charge in [-0.3, -0.25) is 4.79 Å². The number of aromatic amines is 1. The lowest BCUT2D eigenvalue weighted by atomic mass is 9.62. The van der Waals surface area contributed by atoms with Crippen LogP contribution in [0, 0.1) is 11.3 Å². The maximum absolute atomic E-state index is 13.2. The summed E-state index contributed by atoms with van der Waals surface area (Å²) in [5, 5.41) is 1.14. The van der Waals surface area contributed by atoms with E-state index in [0.29, 0.717) is 0 Å². The molecule has 1 aromatic carbocycles. The molecule has 1 heterocycles. The highest BCUT2D eigenvalue weighted by Crippen LogP contribution is 2.48. The average Bonchev–Trinajstić information content (AvgIpc) is 2.93. The van der Waals surface area contributed by atoms with Crippen LogP contribution in [-0.2, 0) is 4.79 Å². The Morgan fingerprint density at radius 3 is 2.82 bits per heavy atom. The van der Waals surface area contributed by atoms with E-state index in [2.05, 4.69) is 30.3 Å². The summed E-state index contributed by atoms with van der Waals surface area (Å²) in [7, 11) is 0. The SMILES string of the molecule is C=C[C@@]1(C)CC[C@@H](C(=C)C)[C@H](c2c[nH]c3ccccc23)C1=O. The molecule has 0 spiro atoms. The van der Waals surface area contributed by atoms with Crippen molar-refractivity contribution in [3.05, 3.63) is 60.8 Å². The summed E-state index contributed by atoms with van der Waals surface area (Å²) in [6.07, 6.45) is 5.66. The minimum Gasteiger partial charge on any atom is -0.361 e. The van der Waals surface area contributed by atoms with Crippen molar-refractivity contribution in [3.63, 3.8) is 0 Å². The van der Waals surface area contributed by atoms with E-state index in [1.165, 1.54) is 0 Å². The molecule has 0 radical (unpaired) electrons. The Hall–Kier alpha value is -2.09. The molecule has 1 aromatic heterocycles. The number of carbonyl (C=O) groups excluding carboxylic acids is 1. The first-order valence-electron chi connectivity index (χ1n) is 7.87. The lowest BCUT2D eigenvalue weighted by molar-refractivity contribution is -0.130. The number of benzene rings is 1. The first-order valence-corrected chi connectivity index (χ1v) is 7.87. The summed E-state index contributed by atoms with van der Waals surface area (Å²) < 4.78 is 0. The van der Waals surface area contributed by atoms with Crippen LogP contribution in [0.5, 0.6) is 0 Å². The number of aromatic nitrogens is 1. The maximum Gasteiger partial charge on any atom is 0.150 e. The van der Waals surface area contributed by atoms with Gasteiger partial charge in [0, 0.05) is 22.5 Å². The van der Waals surface area contributed by atoms with Crippen molar-refractivity contribution in [2.24, 2.45) is 11.3 Å². The first kappa shape index (κ1) is 14.8. The van der Waals surface area contributed by atoms with E-state index in [1.807, 2.05) is 38.3 Å². The van der Waals surface area contributed by atoms with Crippen LogP contribution in [0.2, 0.25) is 0 Å². The number of para-hydroxylation sites is 1.